The maximum atomic E-state index is 13.5. The van der Waals surface area contributed by atoms with Crippen molar-refractivity contribution in [1.82, 2.24) is 14.9 Å². The van der Waals surface area contributed by atoms with Gasteiger partial charge in [0, 0.05) is 26.1 Å². The van der Waals surface area contributed by atoms with E-state index < -0.39 is 60.0 Å². The van der Waals surface area contributed by atoms with Gasteiger partial charge in [-0.15, -0.1) is 13.2 Å². The number of benzene rings is 2. The minimum atomic E-state index is -5.03. The maximum Gasteiger partial charge on any atom is 0.573 e. The molecule has 0 aliphatic carbocycles. The molecule has 222 valence electrons. The van der Waals surface area contributed by atoms with Crippen LogP contribution in [0, 0.1) is 5.82 Å². The number of amides is 2. The van der Waals surface area contributed by atoms with Crippen LogP contribution in [0.5, 0.6) is 17.5 Å². The first kappa shape index (κ1) is 31.2. The van der Waals surface area contributed by atoms with Crippen LogP contribution < -0.4 is 19.7 Å². The minimum Gasteiger partial charge on any atom is -0.425 e. The Morgan fingerprint density at radius 1 is 1.05 bits per heavy atom. The second-order valence-electron chi connectivity index (χ2n) is 8.47. The van der Waals surface area contributed by atoms with E-state index in [-0.39, 0.29) is 36.8 Å². The highest BCUT2D eigenvalue weighted by Crippen LogP contribution is 2.34. The SMILES string of the molecule is CC(=O)c1c(N(CC(F)(F)F)C(=O)NCCCO)nc(Oc2cccc(OC(F)(F)F)c2)n1Cc1ccc(F)cc1. The summed E-state index contributed by atoms with van der Waals surface area (Å²) in [4.78, 5) is 29.7. The molecular formula is C25H23F7N4O5. The number of carbonyl (C=O) groups excluding carboxylic acids is 2. The summed E-state index contributed by atoms with van der Waals surface area (Å²) in [5, 5.41) is 11.1. The quantitative estimate of drug-likeness (QED) is 0.175. The first-order chi connectivity index (χ1) is 19.2. The topological polar surface area (TPSA) is 106 Å². The number of aliphatic hydroxyl groups is 1. The van der Waals surface area contributed by atoms with E-state index in [1.807, 2.05) is 0 Å². The van der Waals surface area contributed by atoms with Gasteiger partial charge in [-0.05, 0) is 36.2 Å². The number of Topliss-reactive ketones (excluding diaryl/α,β-unsaturated/α-hetero) is 1. The number of imidazole rings is 1. The van der Waals surface area contributed by atoms with Crippen molar-refractivity contribution in [3.05, 3.63) is 65.6 Å². The highest BCUT2D eigenvalue weighted by molar-refractivity contribution is 6.02. The van der Waals surface area contributed by atoms with Gasteiger partial charge in [-0.2, -0.15) is 18.2 Å². The number of aromatic nitrogens is 2. The van der Waals surface area contributed by atoms with E-state index in [1.165, 1.54) is 18.2 Å². The number of anilines is 1. The third kappa shape index (κ3) is 9.09. The molecule has 41 heavy (non-hydrogen) atoms. The number of aliphatic hydroxyl groups excluding tert-OH is 1. The third-order valence-corrected chi connectivity index (χ3v) is 5.20. The summed E-state index contributed by atoms with van der Waals surface area (Å²) in [5.74, 6) is -3.17. The number of urea groups is 1. The van der Waals surface area contributed by atoms with Crippen molar-refractivity contribution in [1.29, 1.82) is 0 Å². The summed E-state index contributed by atoms with van der Waals surface area (Å²) in [6.07, 6.45) is -9.96. The van der Waals surface area contributed by atoms with Crippen LogP contribution in [0.3, 0.4) is 0 Å². The first-order valence-corrected chi connectivity index (χ1v) is 11.8. The van der Waals surface area contributed by atoms with Gasteiger partial charge >= 0.3 is 24.6 Å². The molecule has 1 heterocycles. The molecule has 2 N–H and O–H groups in total. The summed E-state index contributed by atoms with van der Waals surface area (Å²) in [6, 6.07) is 7.08. The van der Waals surface area contributed by atoms with Gasteiger partial charge in [0.1, 0.15) is 29.6 Å². The van der Waals surface area contributed by atoms with Crippen molar-refractivity contribution in [3.8, 4) is 17.5 Å². The molecule has 3 aromatic rings. The summed E-state index contributed by atoms with van der Waals surface area (Å²) >= 11 is 0. The van der Waals surface area contributed by atoms with Gasteiger partial charge in [0.15, 0.2) is 11.6 Å². The molecule has 0 aliphatic rings. The molecule has 0 atom stereocenters. The summed E-state index contributed by atoms with van der Waals surface area (Å²) < 4.78 is 103. The zero-order valence-electron chi connectivity index (χ0n) is 21.2. The van der Waals surface area contributed by atoms with Gasteiger partial charge in [-0.1, -0.05) is 18.2 Å². The number of carbonyl (C=O) groups is 2. The zero-order valence-corrected chi connectivity index (χ0v) is 21.2. The molecule has 0 unspecified atom stereocenters. The number of hydrogen-bond donors (Lipinski definition) is 2. The lowest BCUT2D eigenvalue weighted by atomic mass is 10.2. The molecule has 0 saturated heterocycles. The van der Waals surface area contributed by atoms with Gasteiger partial charge in [-0.3, -0.25) is 14.3 Å². The molecule has 2 amide bonds. The number of hydrogen-bond acceptors (Lipinski definition) is 6. The number of ketones is 1. The Balaban J connectivity index is 2.16. The lowest BCUT2D eigenvalue weighted by Crippen LogP contribution is -2.46. The maximum absolute atomic E-state index is 13.5. The van der Waals surface area contributed by atoms with E-state index in [2.05, 4.69) is 15.0 Å². The Bertz CT molecular complexity index is 1360. The van der Waals surface area contributed by atoms with Crippen molar-refractivity contribution in [2.24, 2.45) is 0 Å². The average molecular weight is 592 g/mol. The van der Waals surface area contributed by atoms with E-state index in [0.29, 0.717) is 5.56 Å². The number of nitrogens with zero attached hydrogens (tertiary/aromatic N) is 3. The van der Waals surface area contributed by atoms with Crippen LogP contribution in [0.15, 0.2) is 48.5 Å². The van der Waals surface area contributed by atoms with Gasteiger partial charge < -0.3 is 19.9 Å². The van der Waals surface area contributed by atoms with Gasteiger partial charge in [-0.25, -0.2) is 9.18 Å². The molecule has 3 rings (SSSR count). The van der Waals surface area contributed by atoms with Crippen LogP contribution in [-0.4, -0.2) is 58.7 Å². The molecule has 0 fully saturated rings. The van der Waals surface area contributed by atoms with E-state index >= 15 is 0 Å². The normalized spacial score (nSPS) is 11.7. The smallest absolute Gasteiger partial charge is 0.425 e. The molecular weight excluding hydrogens is 569 g/mol. The van der Waals surface area contributed by atoms with Crippen molar-refractivity contribution < 1.29 is 54.9 Å². The molecule has 0 bridgehead atoms. The largest absolute Gasteiger partial charge is 0.573 e. The number of halogens is 7. The number of alkyl halides is 6. The van der Waals surface area contributed by atoms with Gasteiger partial charge in [0.2, 0.25) is 0 Å². The van der Waals surface area contributed by atoms with Crippen LogP contribution in [0.25, 0.3) is 0 Å². The average Bonchev–Trinajstić information content (AvgIpc) is 3.20. The molecule has 16 heteroatoms. The summed E-state index contributed by atoms with van der Waals surface area (Å²) in [5.41, 5.74) is -0.166. The molecule has 0 radical (unpaired) electrons. The van der Waals surface area contributed by atoms with Gasteiger partial charge in [0.05, 0.1) is 6.54 Å². The van der Waals surface area contributed by atoms with Crippen molar-refractivity contribution in [3.63, 3.8) is 0 Å². The van der Waals surface area contributed by atoms with Crippen LogP contribution in [0.4, 0.5) is 41.3 Å². The van der Waals surface area contributed by atoms with E-state index in [0.717, 1.165) is 41.8 Å². The van der Waals surface area contributed by atoms with Crippen LogP contribution in [0.2, 0.25) is 0 Å². The highest BCUT2D eigenvalue weighted by Gasteiger charge is 2.38. The third-order valence-electron chi connectivity index (χ3n) is 5.20. The number of rotatable bonds is 11. The van der Waals surface area contributed by atoms with Crippen LogP contribution >= 0.6 is 0 Å². The lowest BCUT2D eigenvalue weighted by Gasteiger charge is -2.23. The second kappa shape index (κ2) is 12.9. The molecule has 0 aliphatic heterocycles. The van der Waals surface area contributed by atoms with Crippen molar-refractivity contribution in [2.45, 2.75) is 32.4 Å². The van der Waals surface area contributed by atoms with Gasteiger partial charge in [0.25, 0.3) is 0 Å². The number of nitrogens with one attached hydrogen (secondary N) is 1. The Labute approximate surface area is 228 Å². The lowest BCUT2D eigenvalue weighted by molar-refractivity contribution is -0.274. The molecule has 0 spiro atoms. The Morgan fingerprint density at radius 2 is 1.71 bits per heavy atom. The molecule has 0 saturated carbocycles. The van der Waals surface area contributed by atoms with E-state index in [1.54, 1.807) is 0 Å². The standard InChI is InChI=1S/C25H23F7N4O5/c1-15(38)20-21(36(14-24(27,28)29)22(39)33-10-3-11-37)34-23(35(20)13-16-6-8-17(26)9-7-16)40-18-4-2-5-19(12-18)41-25(30,31)32/h2,4-9,12,37H,3,10-11,13-14H2,1H3,(H,33,39). The Kier molecular flexibility index (Phi) is 9.80. The van der Waals surface area contributed by atoms with Crippen molar-refractivity contribution in [2.75, 3.05) is 24.6 Å². The monoisotopic (exact) mass is 592 g/mol. The molecule has 2 aromatic carbocycles. The predicted molar refractivity (Wildman–Crippen MR) is 129 cm³/mol. The van der Waals surface area contributed by atoms with Crippen LogP contribution in [0.1, 0.15) is 29.4 Å². The fourth-order valence-corrected chi connectivity index (χ4v) is 3.59. The predicted octanol–water partition coefficient (Wildman–Crippen LogP) is 5.42. The van der Waals surface area contributed by atoms with Crippen LogP contribution in [-0.2, 0) is 6.54 Å². The Morgan fingerprint density at radius 3 is 2.29 bits per heavy atom. The fraction of sp³-hybridized carbons (Fsp3) is 0.320. The summed E-state index contributed by atoms with van der Waals surface area (Å²) in [7, 11) is 0. The highest BCUT2D eigenvalue weighted by atomic mass is 19.4. The number of ether oxygens (including phenoxy) is 2. The summed E-state index contributed by atoms with van der Waals surface area (Å²) in [6.45, 7) is -1.76. The zero-order chi connectivity index (χ0) is 30.4. The fourth-order valence-electron chi connectivity index (χ4n) is 3.59. The Hall–Kier alpha value is -4.34. The van der Waals surface area contributed by atoms with E-state index in [4.69, 9.17) is 9.84 Å². The molecule has 9 nitrogen and oxygen atoms in total. The minimum absolute atomic E-state index is 0.0227. The van der Waals surface area contributed by atoms with Crippen molar-refractivity contribution >= 4 is 17.6 Å². The second-order valence-corrected chi connectivity index (χ2v) is 8.47. The molecule has 1 aromatic heterocycles. The first-order valence-electron chi connectivity index (χ1n) is 11.8. The van der Waals surface area contributed by atoms with E-state index in [9.17, 15) is 40.3 Å².